The molecule has 0 spiro atoms. The van der Waals surface area contributed by atoms with Crippen molar-refractivity contribution in [2.24, 2.45) is 0 Å². The van der Waals surface area contributed by atoms with Crippen molar-refractivity contribution < 1.29 is 14.3 Å². The first kappa shape index (κ1) is 24.2. The van der Waals surface area contributed by atoms with Crippen molar-refractivity contribution >= 4 is 17.5 Å². The van der Waals surface area contributed by atoms with Gasteiger partial charge < -0.3 is 14.5 Å². The molecule has 3 aromatic carbocycles. The van der Waals surface area contributed by atoms with Gasteiger partial charge in [-0.25, -0.2) is 0 Å². The Kier molecular flexibility index (Phi) is 7.21. The van der Waals surface area contributed by atoms with E-state index in [1.165, 1.54) is 5.56 Å². The molecule has 0 unspecified atom stereocenters. The molecule has 0 N–H and O–H groups in total. The molecule has 0 radical (unpaired) electrons. The summed E-state index contributed by atoms with van der Waals surface area (Å²) in [5.74, 6) is 1.25. The van der Waals surface area contributed by atoms with E-state index in [1.807, 2.05) is 42.5 Å². The number of benzene rings is 3. The number of anilines is 1. The Bertz CT molecular complexity index is 1350. The maximum Gasteiger partial charge on any atom is 0.260 e. The highest BCUT2D eigenvalue weighted by Gasteiger charge is 2.22. The van der Waals surface area contributed by atoms with Crippen LogP contribution in [0, 0.1) is 6.92 Å². The number of ketones is 1. The van der Waals surface area contributed by atoms with Crippen LogP contribution in [0.3, 0.4) is 0 Å². The van der Waals surface area contributed by atoms with Crippen LogP contribution in [-0.2, 0) is 4.79 Å². The fraction of sp³-hybridized carbons (Fsp3) is 0.200. The van der Waals surface area contributed by atoms with Gasteiger partial charge in [0.2, 0.25) is 0 Å². The van der Waals surface area contributed by atoms with E-state index in [4.69, 9.17) is 4.74 Å². The number of carbonyl (C=O) groups is 2. The number of hydrogen-bond donors (Lipinski definition) is 0. The Balaban J connectivity index is 1.10. The van der Waals surface area contributed by atoms with Crippen LogP contribution >= 0.6 is 0 Å². The maximum atomic E-state index is 12.7. The van der Waals surface area contributed by atoms with Crippen molar-refractivity contribution in [1.29, 1.82) is 0 Å². The molecule has 4 aromatic rings. The Labute approximate surface area is 216 Å². The first-order chi connectivity index (χ1) is 18.1. The number of ether oxygens (including phenoxy) is 1. The van der Waals surface area contributed by atoms with Crippen molar-refractivity contribution in [3.8, 4) is 17.0 Å². The Hall–Kier alpha value is -4.52. The van der Waals surface area contributed by atoms with Crippen LogP contribution in [-0.4, -0.2) is 59.6 Å². The van der Waals surface area contributed by atoms with Crippen LogP contribution in [0.5, 0.6) is 5.75 Å². The average molecular weight is 493 g/mol. The molecule has 0 aliphatic carbocycles. The molecule has 7 nitrogen and oxygen atoms in total. The highest BCUT2D eigenvalue weighted by Crippen LogP contribution is 2.20. The molecule has 5 rings (SSSR count). The fourth-order valence-electron chi connectivity index (χ4n) is 4.25. The predicted molar refractivity (Wildman–Crippen MR) is 143 cm³/mol. The molecular formula is C30H28N4O3. The van der Waals surface area contributed by atoms with E-state index in [1.54, 1.807) is 41.3 Å². The van der Waals surface area contributed by atoms with Crippen LogP contribution in [0.25, 0.3) is 11.3 Å². The molecule has 1 aromatic heterocycles. The lowest BCUT2D eigenvalue weighted by Gasteiger charge is -2.35. The van der Waals surface area contributed by atoms with E-state index < -0.39 is 0 Å². The van der Waals surface area contributed by atoms with E-state index in [0.29, 0.717) is 43.1 Å². The molecule has 1 aliphatic heterocycles. The Morgan fingerprint density at radius 1 is 0.757 bits per heavy atom. The van der Waals surface area contributed by atoms with Gasteiger partial charge in [-0.1, -0.05) is 60.2 Å². The van der Waals surface area contributed by atoms with E-state index in [9.17, 15) is 9.59 Å². The van der Waals surface area contributed by atoms with E-state index in [2.05, 4.69) is 34.2 Å². The van der Waals surface area contributed by atoms with Gasteiger partial charge in [-0.2, -0.15) is 0 Å². The van der Waals surface area contributed by atoms with Crippen molar-refractivity contribution in [2.45, 2.75) is 6.92 Å². The zero-order valence-corrected chi connectivity index (χ0v) is 20.7. The second-order valence-electron chi connectivity index (χ2n) is 9.02. The minimum absolute atomic E-state index is 0.0446. The van der Waals surface area contributed by atoms with Gasteiger partial charge in [0.1, 0.15) is 5.75 Å². The van der Waals surface area contributed by atoms with Crippen molar-refractivity contribution in [3.63, 3.8) is 0 Å². The van der Waals surface area contributed by atoms with Gasteiger partial charge in [-0.3, -0.25) is 9.59 Å². The summed E-state index contributed by atoms with van der Waals surface area (Å²) in [4.78, 5) is 29.2. The highest BCUT2D eigenvalue weighted by atomic mass is 16.5. The van der Waals surface area contributed by atoms with E-state index in [0.717, 1.165) is 17.1 Å². The molecule has 1 amide bonds. The summed E-state index contributed by atoms with van der Waals surface area (Å²) in [5, 5.41) is 8.80. The number of carbonyl (C=O) groups excluding carboxylic acids is 2. The normalized spacial score (nSPS) is 13.3. The smallest absolute Gasteiger partial charge is 0.260 e. The van der Waals surface area contributed by atoms with Crippen molar-refractivity contribution in [1.82, 2.24) is 15.1 Å². The summed E-state index contributed by atoms with van der Waals surface area (Å²) in [6.45, 7) is 4.56. The predicted octanol–water partition coefficient (Wildman–Crippen LogP) is 4.41. The van der Waals surface area contributed by atoms with Crippen LogP contribution in [0.15, 0.2) is 91.0 Å². The largest absolute Gasteiger partial charge is 0.484 e. The maximum absolute atomic E-state index is 12.7. The lowest BCUT2D eigenvalue weighted by atomic mass is 10.0. The molecule has 1 saturated heterocycles. The fourth-order valence-corrected chi connectivity index (χ4v) is 4.25. The van der Waals surface area contributed by atoms with Crippen LogP contribution in [0.2, 0.25) is 0 Å². The first-order valence-corrected chi connectivity index (χ1v) is 12.3. The minimum Gasteiger partial charge on any atom is -0.484 e. The number of aromatic nitrogens is 2. The molecule has 1 fully saturated rings. The second kappa shape index (κ2) is 11.0. The first-order valence-electron chi connectivity index (χ1n) is 12.3. The molecule has 0 saturated carbocycles. The zero-order valence-electron chi connectivity index (χ0n) is 20.7. The summed E-state index contributed by atoms with van der Waals surface area (Å²) < 4.78 is 5.70. The lowest BCUT2D eigenvalue weighted by Crippen LogP contribution is -2.50. The summed E-state index contributed by atoms with van der Waals surface area (Å²) in [7, 11) is 0. The van der Waals surface area contributed by atoms with Gasteiger partial charge in [-0.15, -0.1) is 10.2 Å². The highest BCUT2D eigenvalue weighted by molar-refractivity contribution is 6.09. The third-order valence-corrected chi connectivity index (χ3v) is 6.47. The van der Waals surface area contributed by atoms with Crippen LogP contribution < -0.4 is 9.64 Å². The van der Waals surface area contributed by atoms with Gasteiger partial charge in [0.05, 0.1) is 5.69 Å². The standard InChI is InChI=1S/C30H28N4O3/c1-22-7-9-23(10-8-22)27-15-16-28(32-31-27)33-17-19-34(20-18-33)29(35)21-37-26-13-11-25(12-14-26)30(36)24-5-3-2-4-6-24/h2-16H,17-21H2,1H3. The number of nitrogens with zero attached hydrogens (tertiary/aromatic N) is 4. The summed E-state index contributed by atoms with van der Waals surface area (Å²) in [6.07, 6.45) is 0. The number of piperazine rings is 1. The van der Waals surface area contributed by atoms with Gasteiger partial charge in [0.15, 0.2) is 18.2 Å². The molecule has 0 atom stereocenters. The minimum atomic E-state index is -0.0649. The quantitative estimate of drug-likeness (QED) is 0.356. The Morgan fingerprint density at radius 3 is 2.08 bits per heavy atom. The summed E-state index contributed by atoms with van der Waals surface area (Å²) in [6, 6.07) is 28.2. The average Bonchev–Trinajstić information content (AvgIpc) is 2.97. The molecule has 2 heterocycles. The molecule has 7 heteroatoms. The molecular weight excluding hydrogens is 464 g/mol. The third kappa shape index (κ3) is 5.83. The van der Waals surface area contributed by atoms with E-state index in [-0.39, 0.29) is 18.3 Å². The Morgan fingerprint density at radius 2 is 1.43 bits per heavy atom. The number of aryl methyl sites for hydroxylation is 1. The number of rotatable bonds is 7. The van der Waals surface area contributed by atoms with Crippen molar-refractivity contribution in [3.05, 3.63) is 108 Å². The second-order valence-corrected chi connectivity index (χ2v) is 9.02. The zero-order chi connectivity index (χ0) is 25.6. The summed E-state index contributed by atoms with van der Waals surface area (Å²) >= 11 is 0. The van der Waals surface area contributed by atoms with Gasteiger partial charge in [0, 0.05) is 42.9 Å². The van der Waals surface area contributed by atoms with Crippen molar-refractivity contribution in [2.75, 3.05) is 37.7 Å². The monoisotopic (exact) mass is 492 g/mol. The van der Waals surface area contributed by atoms with Gasteiger partial charge in [0.25, 0.3) is 5.91 Å². The molecule has 0 bridgehead atoms. The van der Waals surface area contributed by atoms with Gasteiger partial charge >= 0.3 is 0 Å². The van der Waals surface area contributed by atoms with Crippen LogP contribution in [0.4, 0.5) is 5.82 Å². The lowest BCUT2D eigenvalue weighted by molar-refractivity contribution is -0.133. The SMILES string of the molecule is Cc1ccc(-c2ccc(N3CCN(C(=O)COc4ccc(C(=O)c5ccccc5)cc4)CC3)nn2)cc1. The van der Waals surface area contributed by atoms with Crippen LogP contribution in [0.1, 0.15) is 21.5 Å². The number of amides is 1. The molecule has 1 aliphatic rings. The third-order valence-electron chi connectivity index (χ3n) is 6.47. The number of hydrogen-bond acceptors (Lipinski definition) is 6. The van der Waals surface area contributed by atoms with E-state index >= 15 is 0 Å². The topological polar surface area (TPSA) is 75.6 Å². The molecule has 186 valence electrons. The summed E-state index contributed by atoms with van der Waals surface area (Å²) in [5.41, 5.74) is 4.30. The van der Waals surface area contributed by atoms with Gasteiger partial charge in [-0.05, 0) is 43.3 Å². The molecule has 37 heavy (non-hydrogen) atoms.